The molecule has 128 valence electrons. The van der Waals surface area contributed by atoms with Gasteiger partial charge < -0.3 is 20.1 Å². The molecule has 2 aromatic rings. The first-order chi connectivity index (χ1) is 11.3. The van der Waals surface area contributed by atoms with Gasteiger partial charge in [-0.05, 0) is 44.9 Å². The Morgan fingerprint density at radius 1 is 1.25 bits per heavy atom. The minimum atomic E-state index is -0.688. The number of aromatic nitrogens is 1. The van der Waals surface area contributed by atoms with E-state index in [0.717, 1.165) is 5.56 Å². The van der Waals surface area contributed by atoms with Crippen LogP contribution >= 0.6 is 0 Å². The van der Waals surface area contributed by atoms with Crippen LogP contribution in [0.3, 0.4) is 0 Å². The maximum Gasteiger partial charge on any atom is 0.355 e. The third-order valence-corrected chi connectivity index (χ3v) is 3.87. The summed E-state index contributed by atoms with van der Waals surface area (Å²) in [4.78, 5) is 27.0. The molecular formula is C18H22N2O4. The predicted octanol–water partition coefficient (Wildman–Crippen LogP) is 2.79. The fourth-order valence-electron chi connectivity index (χ4n) is 2.70. The van der Waals surface area contributed by atoms with E-state index in [1.165, 1.54) is 0 Å². The van der Waals surface area contributed by atoms with Gasteiger partial charge in [0.1, 0.15) is 5.69 Å². The number of carbonyl (C=O) groups excluding carboxylic acids is 2. The first-order valence-corrected chi connectivity index (χ1v) is 7.71. The van der Waals surface area contributed by atoms with E-state index in [1.807, 2.05) is 25.1 Å². The second-order valence-electron chi connectivity index (χ2n) is 5.78. The fraction of sp³-hybridized carbons (Fsp3) is 0.333. The molecule has 6 nitrogen and oxygen atoms in total. The van der Waals surface area contributed by atoms with E-state index in [2.05, 4.69) is 10.3 Å². The summed E-state index contributed by atoms with van der Waals surface area (Å²) in [6, 6.07) is 7.35. The van der Waals surface area contributed by atoms with Gasteiger partial charge in [0.05, 0.1) is 6.10 Å². The summed E-state index contributed by atoms with van der Waals surface area (Å²) in [6.45, 7) is 6.64. The van der Waals surface area contributed by atoms with Crippen LogP contribution in [0.25, 0.3) is 0 Å². The molecule has 0 aliphatic carbocycles. The lowest BCUT2D eigenvalue weighted by Crippen LogP contribution is -2.21. The third-order valence-electron chi connectivity index (χ3n) is 3.87. The van der Waals surface area contributed by atoms with Crippen molar-refractivity contribution >= 4 is 17.6 Å². The molecule has 0 saturated heterocycles. The number of benzene rings is 1. The molecule has 0 aliphatic rings. The number of nitrogens with one attached hydrogen (secondary N) is 2. The van der Waals surface area contributed by atoms with Crippen LogP contribution in [0.15, 0.2) is 24.3 Å². The Kier molecular flexibility index (Phi) is 5.41. The van der Waals surface area contributed by atoms with Gasteiger partial charge in [-0.2, -0.15) is 0 Å². The van der Waals surface area contributed by atoms with Crippen LogP contribution in [0.1, 0.15) is 45.9 Å². The summed E-state index contributed by atoms with van der Waals surface area (Å²) in [6.07, 6.45) is -0.688. The first kappa shape index (κ1) is 17.7. The highest BCUT2D eigenvalue weighted by molar-refractivity contribution is 5.96. The van der Waals surface area contributed by atoms with Gasteiger partial charge in [0.15, 0.2) is 6.61 Å². The predicted molar refractivity (Wildman–Crippen MR) is 91.0 cm³/mol. The average molecular weight is 330 g/mol. The maximum atomic E-state index is 12.2. The lowest BCUT2D eigenvalue weighted by Gasteiger charge is -2.09. The molecule has 1 heterocycles. The van der Waals surface area contributed by atoms with Gasteiger partial charge in [-0.1, -0.05) is 18.2 Å². The molecule has 1 aromatic heterocycles. The lowest BCUT2D eigenvalue weighted by molar-refractivity contribution is -0.119. The SMILES string of the molecule is Cc1ccccc1NC(=O)COC(=O)c1[nH]c(C)c([C@@H](C)O)c1C. The number of hydrogen-bond donors (Lipinski definition) is 3. The maximum absolute atomic E-state index is 12.2. The van der Waals surface area contributed by atoms with E-state index >= 15 is 0 Å². The number of para-hydroxylation sites is 1. The monoisotopic (exact) mass is 330 g/mol. The van der Waals surface area contributed by atoms with Crippen molar-refractivity contribution in [3.8, 4) is 0 Å². The minimum absolute atomic E-state index is 0.257. The van der Waals surface area contributed by atoms with Crippen LogP contribution in [0.5, 0.6) is 0 Å². The van der Waals surface area contributed by atoms with E-state index in [-0.39, 0.29) is 12.3 Å². The Morgan fingerprint density at radius 2 is 1.92 bits per heavy atom. The molecule has 1 atom stereocenters. The van der Waals surface area contributed by atoms with Gasteiger partial charge in [-0.25, -0.2) is 4.79 Å². The Balaban J connectivity index is 2.00. The van der Waals surface area contributed by atoms with E-state index in [9.17, 15) is 14.7 Å². The van der Waals surface area contributed by atoms with Gasteiger partial charge in [0.2, 0.25) is 0 Å². The van der Waals surface area contributed by atoms with Crippen molar-refractivity contribution in [2.24, 2.45) is 0 Å². The zero-order valence-electron chi connectivity index (χ0n) is 14.3. The lowest BCUT2D eigenvalue weighted by atomic mass is 10.1. The largest absolute Gasteiger partial charge is 0.451 e. The number of carbonyl (C=O) groups is 2. The molecule has 24 heavy (non-hydrogen) atoms. The number of aryl methyl sites for hydroxylation is 2. The number of aromatic amines is 1. The number of aliphatic hydroxyl groups excluding tert-OH is 1. The standard InChI is InChI=1S/C18H22N2O4/c1-10-7-5-6-8-14(10)20-15(22)9-24-18(23)17-11(2)16(13(4)21)12(3)19-17/h5-8,13,19,21H,9H2,1-4H3,(H,20,22)/t13-/m1/s1. The normalized spacial score (nSPS) is 11.9. The third kappa shape index (κ3) is 3.83. The Morgan fingerprint density at radius 3 is 2.50 bits per heavy atom. The molecule has 0 bridgehead atoms. The van der Waals surface area contributed by atoms with E-state index in [4.69, 9.17) is 4.74 Å². The molecule has 1 aromatic carbocycles. The van der Waals surface area contributed by atoms with Crippen molar-refractivity contribution in [3.63, 3.8) is 0 Å². The van der Waals surface area contributed by atoms with Gasteiger partial charge in [-0.15, -0.1) is 0 Å². The van der Waals surface area contributed by atoms with Gasteiger partial charge in [0, 0.05) is 16.9 Å². The average Bonchev–Trinajstić information content (AvgIpc) is 2.82. The smallest absolute Gasteiger partial charge is 0.355 e. The summed E-state index contributed by atoms with van der Waals surface area (Å²) < 4.78 is 5.07. The van der Waals surface area contributed by atoms with Crippen molar-refractivity contribution in [1.29, 1.82) is 0 Å². The summed E-state index contributed by atoms with van der Waals surface area (Å²) in [5.41, 5.74) is 3.88. The molecular weight excluding hydrogens is 308 g/mol. The van der Waals surface area contributed by atoms with Crippen LogP contribution < -0.4 is 5.32 Å². The topological polar surface area (TPSA) is 91.4 Å². The Hall–Kier alpha value is -2.60. The molecule has 0 saturated carbocycles. The molecule has 1 amide bonds. The molecule has 6 heteroatoms. The highest BCUT2D eigenvalue weighted by atomic mass is 16.5. The zero-order chi connectivity index (χ0) is 17.9. The van der Waals surface area contributed by atoms with Crippen molar-refractivity contribution in [2.75, 3.05) is 11.9 Å². The Bertz CT molecular complexity index is 762. The zero-order valence-corrected chi connectivity index (χ0v) is 14.3. The van der Waals surface area contributed by atoms with Crippen LogP contribution in [-0.4, -0.2) is 28.6 Å². The quantitative estimate of drug-likeness (QED) is 0.735. The number of ether oxygens (including phenoxy) is 1. The minimum Gasteiger partial charge on any atom is -0.451 e. The molecule has 0 radical (unpaired) electrons. The molecule has 0 unspecified atom stereocenters. The van der Waals surface area contributed by atoms with Crippen molar-refractivity contribution in [2.45, 2.75) is 33.8 Å². The van der Waals surface area contributed by atoms with Crippen LogP contribution in [0.4, 0.5) is 5.69 Å². The Labute approximate surface area is 140 Å². The molecule has 0 aliphatic heterocycles. The summed E-state index contributed by atoms with van der Waals surface area (Å²) in [7, 11) is 0. The van der Waals surface area contributed by atoms with Crippen LogP contribution in [0, 0.1) is 20.8 Å². The number of esters is 1. The van der Waals surface area contributed by atoms with Crippen LogP contribution in [-0.2, 0) is 9.53 Å². The number of H-pyrrole nitrogens is 1. The number of anilines is 1. The molecule has 2 rings (SSSR count). The summed E-state index contributed by atoms with van der Waals surface area (Å²) in [5.74, 6) is -1.03. The van der Waals surface area contributed by atoms with Crippen molar-refractivity contribution in [1.82, 2.24) is 4.98 Å². The second-order valence-corrected chi connectivity index (χ2v) is 5.78. The molecule has 3 N–H and O–H groups in total. The highest BCUT2D eigenvalue weighted by Crippen LogP contribution is 2.24. The summed E-state index contributed by atoms with van der Waals surface area (Å²) in [5, 5.41) is 12.5. The van der Waals surface area contributed by atoms with E-state index in [0.29, 0.717) is 22.5 Å². The van der Waals surface area contributed by atoms with E-state index in [1.54, 1.807) is 26.8 Å². The van der Waals surface area contributed by atoms with Crippen molar-refractivity contribution < 1.29 is 19.4 Å². The van der Waals surface area contributed by atoms with Gasteiger partial charge >= 0.3 is 5.97 Å². The van der Waals surface area contributed by atoms with E-state index < -0.39 is 18.0 Å². The van der Waals surface area contributed by atoms with Crippen LogP contribution in [0.2, 0.25) is 0 Å². The summed E-state index contributed by atoms with van der Waals surface area (Å²) >= 11 is 0. The molecule has 0 spiro atoms. The number of hydrogen-bond acceptors (Lipinski definition) is 4. The number of rotatable bonds is 5. The fourth-order valence-corrected chi connectivity index (χ4v) is 2.70. The van der Waals surface area contributed by atoms with Gasteiger partial charge in [-0.3, -0.25) is 4.79 Å². The number of aliphatic hydroxyl groups is 1. The first-order valence-electron chi connectivity index (χ1n) is 7.71. The van der Waals surface area contributed by atoms with Gasteiger partial charge in [0.25, 0.3) is 5.91 Å². The highest BCUT2D eigenvalue weighted by Gasteiger charge is 2.21. The number of amides is 1. The molecule has 0 fully saturated rings. The second kappa shape index (κ2) is 7.31. The van der Waals surface area contributed by atoms with Crippen molar-refractivity contribution in [3.05, 3.63) is 52.3 Å².